The highest BCUT2D eigenvalue weighted by Gasteiger charge is 2.41. The molecule has 156 valence electrons. The van der Waals surface area contributed by atoms with E-state index >= 15 is 0 Å². The molecule has 0 spiro atoms. The largest absolute Gasteiger partial charge is 0.347 e. The number of halogens is 1. The highest BCUT2D eigenvalue weighted by molar-refractivity contribution is 14.0. The fraction of sp³-hybridized carbons (Fsp3) is 0.579. The van der Waals surface area contributed by atoms with Crippen molar-refractivity contribution in [3.63, 3.8) is 0 Å². The van der Waals surface area contributed by atoms with Gasteiger partial charge in [0.05, 0.1) is 17.0 Å². The zero-order valence-corrected chi connectivity index (χ0v) is 19.8. The van der Waals surface area contributed by atoms with Crippen molar-refractivity contribution >= 4 is 51.4 Å². The molecule has 0 radical (unpaired) electrons. The molecule has 1 aromatic rings. The molecule has 3 rings (SSSR count). The predicted octanol–water partition coefficient (Wildman–Crippen LogP) is 1.67. The highest BCUT2D eigenvalue weighted by Crippen LogP contribution is 2.27. The first-order chi connectivity index (χ1) is 12.7. The van der Waals surface area contributed by atoms with Gasteiger partial charge >= 0.3 is 0 Å². The molecule has 1 amide bonds. The summed E-state index contributed by atoms with van der Waals surface area (Å²) < 4.78 is 23.6. The van der Waals surface area contributed by atoms with Crippen LogP contribution in [0.1, 0.15) is 25.8 Å². The summed E-state index contributed by atoms with van der Waals surface area (Å²) in [5, 5.41) is 3.12. The summed E-state index contributed by atoms with van der Waals surface area (Å²) in [5.41, 5.74) is 2.18. The van der Waals surface area contributed by atoms with Crippen LogP contribution in [0.5, 0.6) is 0 Å². The lowest BCUT2D eigenvalue weighted by molar-refractivity contribution is -0.117. The second-order valence-corrected chi connectivity index (χ2v) is 10.4. The number of amides is 1. The fourth-order valence-corrected chi connectivity index (χ4v) is 5.07. The van der Waals surface area contributed by atoms with Crippen LogP contribution in [0.15, 0.2) is 29.3 Å². The van der Waals surface area contributed by atoms with Gasteiger partial charge in [0, 0.05) is 32.4 Å². The first-order valence-corrected chi connectivity index (χ1v) is 11.0. The maximum Gasteiger partial charge on any atom is 0.246 e. The highest BCUT2D eigenvalue weighted by atomic mass is 127. The molecule has 2 heterocycles. The quantitative estimate of drug-likeness (QED) is 0.365. The van der Waals surface area contributed by atoms with Gasteiger partial charge in [0.15, 0.2) is 15.8 Å². The molecule has 7 nitrogen and oxygen atoms in total. The topological polar surface area (TPSA) is 82.1 Å². The minimum absolute atomic E-state index is 0. The van der Waals surface area contributed by atoms with Gasteiger partial charge in [-0.25, -0.2) is 8.42 Å². The van der Waals surface area contributed by atoms with E-state index in [9.17, 15) is 13.2 Å². The molecule has 0 saturated carbocycles. The molecular formula is C19H29IN4O3S. The third kappa shape index (κ3) is 4.61. The number of sulfone groups is 1. The Labute approximate surface area is 184 Å². The minimum Gasteiger partial charge on any atom is -0.347 e. The number of fused-ring (bicyclic) bond motifs is 1. The van der Waals surface area contributed by atoms with Crippen molar-refractivity contribution in [1.29, 1.82) is 0 Å². The number of aryl methyl sites for hydroxylation is 1. The third-order valence-electron chi connectivity index (χ3n) is 5.36. The van der Waals surface area contributed by atoms with E-state index in [2.05, 4.69) is 16.4 Å². The normalized spacial score (nSPS) is 20.8. The molecular weight excluding hydrogens is 491 g/mol. The maximum absolute atomic E-state index is 12.8. The molecule has 0 atom stereocenters. The average molecular weight is 520 g/mol. The van der Waals surface area contributed by atoms with Gasteiger partial charge in [-0.15, -0.1) is 24.0 Å². The molecule has 1 fully saturated rings. The lowest BCUT2D eigenvalue weighted by atomic mass is 10.0. The molecule has 0 aromatic heterocycles. The molecule has 2 aliphatic heterocycles. The van der Waals surface area contributed by atoms with Crippen LogP contribution >= 0.6 is 24.0 Å². The van der Waals surface area contributed by atoms with E-state index in [0.717, 1.165) is 18.5 Å². The Morgan fingerprint density at radius 1 is 1.25 bits per heavy atom. The first-order valence-electron chi connectivity index (χ1n) is 9.31. The van der Waals surface area contributed by atoms with Crippen molar-refractivity contribution in [1.82, 2.24) is 10.2 Å². The third-order valence-corrected chi connectivity index (χ3v) is 7.90. The fourth-order valence-electron chi connectivity index (χ4n) is 3.70. The van der Waals surface area contributed by atoms with E-state index in [1.807, 2.05) is 28.0 Å². The monoisotopic (exact) mass is 520 g/mol. The zero-order chi connectivity index (χ0) is 19.7. The van der Waals surface area contributed by atoms with Crippen LogP contribution in [0, 0.1) is 0 Å². The number of benzene rings is 1. The summed E-state index contributed by atoms with van der Waals surface area (Å²) in [6, 6.07) is 8.00. The van der Waals surface area contributed by atoms with Crippen molar-refractivity contribution in [2.24, 2.45) is 4.99 Å². The Bertz CT molecular complexity index is 854. The number of rotatable bonds is 2. The number of guanidine groups is 1. The Morgan fingerprint density at radius 3 is 2.64 bits per heavy atom. The van der Waals surface area contributed by atoms with Crippen molar-refractivity contribution < 1.29 is 13.2 Å². The van der Waals surface area contributed by atoms with Crippen molar-refractivity contribution in [3.05, 3.63) is 29.8 Å². The molecule has 1 aromatic carbocycles. The summed E-state index contributed by atoms with van der Waals surface area (Å²) in [6.45, 7) is 5.05. The van der Waals surface area contributed by atoms with Crippen molar-refractivity contribution in [2.45, 2.75) is 31.4 Å². The molecule has 28 heavy (non-hydrogen) atoms. The summed E-state index contributed by atoms with van der Waals surface area (Å²) in [6.07, 6.45) is 1.95. The van der Waals surface area contributed by atoms with E-state index in [1.165, 1.54) is 5.56 Å². The molecule has 2 aliphatic rings. The van der Waals surface area contributed by atoms with Crippen LogP contribution in [0.3, 0.4) is 0 Å². The lowest BCUT2D eigenvalue weighted by Crippen LogP contribution is -2.58. The van der Waals surface area contributed by atoms with Crippen LogP contribution in [0.2, 0.25) is 0 Å². The van der Waals surface area contributed by atoms with Crippen LogP contribution in [-0.2, 0) is 21.1 Å². The molecule has 0 bridgehead atoms. The Morgan fingerprint density at radius 2 is 1.96 bits per heavy atom. The van der Waals surface area contributed by atoms with Gasteiger partial charge in [0.2, 0.25) is 5.91 Å². The second kappa shape index (κ2) is 8.98. The number of carbonyl (C=O) groups is 1. The molecule has 9 heteroatoms. The standard InChI is InChI=1S/C19H28N4O3S.HI/c1-19(2)14-22(11-12-27(19,25)26)18(20-3)21-13-17(24)23-10-6-8-15-7-4-5-9-16(15)23;/h4-5,7,9H,6,8,10-14H2,1-3H3,(H,20,21);1H. The Kier molecular flexibility index (Phi) is 7.35. The minimum atomic E-state index is -3.12. The number of hydrogen-bond acceptors (Lipinski definition) is 4. The van der Waals surface area contributed by atoms with E-state index in [-0.39, 0.29) is 42.2 Å². The number of nitrogens with zero attached hydrogens (tertiary/aromatic N) is 3. The number of para-hydroxylation sites is 1. The molecule has 1 saturated heterocycles. The van der Waals surface area contributed by atoms with Gasteiger partial charge < -0.3 is 15.1 Å². The van der Waals surface area contributed by atoms with E-state index in [1.54, 1.807) is 20.9 Å². The van der Waals surface area contributed by atoms with Crippen molar-refractivity contribution in [2.75, 3.05) is 43.9 Å². The Hall–Kier alpha value is -1.36. The van der Waals surface area contributed by atoms with E-state index in [4.69, 9.17) is 0 Å². The number of hydrogen-bond donors (Lipinski definition) is 1. The SMILES string of the molecule is CN=C(NCC(=O)N1CCCc2ccccc21)N1CCS(=O)(=O)C(C)(C)C1.I. The smallest absolute Gasteiger partial charge is 0.246 e. The van der Waals surface area contributed by atoms with Crippen LogP contribution in [0.25, 0.3) is 0 Å². The predicted molar refractivity (Wildman–Crippen MR) is 123 cm³/mol. The zero-order valence-electron chi connectivity index (χ0n) is 16.6. The van der Waals surface area contributed by atoms with Crippen LogP contribution in [-0.4, -0.2) is 68.9 Å². The summed E-state index contributed by atoms with van der Waals surface area (Å²) in [5.74, 6) is 0.650. The van der Waals surface area contributed by atoms with Crippen LogP contribution in [0.4, 0.5) is 5.69 Å². The molecule has 0 aliphatic carbocycles. The number of nitrogens with one attached hydrogen (secondary N) is 1. The van der Waals surface area contributed by atoms with Gasteiger partial charge in [-0.2, -0.15) is 0 Å². The average Bonchev–Trinajstić information content (AvgIpc) is 2.64. The second-order valence-electron chi connectivity index (χ2n) is 7.68. The first kappa shape index (κ1) is 22.9. The van der Waals surface area contributed by atoms with Gasteiger partial charge in [-0.05, 0) is 38.3 Å². The number of anilines is 1. The van der Waals surface area contributed by atoms with Gasteiger partial charge in [0.1, 0.15) is 0 Å². The molecule has 1 N–H and O–H groups in total. The summed E-state index contributed by atoms with van der Waals surface area (Å²) >= 11 is 0. The van der Waals surface area contributed by atoms with Crippen molar-refractivity contribution in [3.8, 4) is 0 Å². The number of aliphatic imine (C=N–C) groups is 1. The van der Waals surface area contributed by atoms with Gasteiger partial charge in [-0.1, -0.05) is 18.2 Å². The lowest BCUT2D eigenvalue weighted by Gasteiger charge is -2.39. The van der Waals surface area contributed by atoms with Gasteiger partial charge in [0.25, 0.3) is 0 Å². The summed E-state index contributed by atoms with van der Waals surface area (Å²) in [7, 11) is -1.47. The van der Waals surface area contributed by atoms with Gasteiger partial charge in [-0.3, -0.25) is 9.79 Å². The van der Waals surface area contributed by atoms with E-state index < -0.39 is 14.6 Å². The van der Waals surface area contributed by atoms with E-state index in [0.29, 0.717) is 25.6 Å². The number of carbonyl (C=O) groups excluding carboxylic acids is 1. The van der Waals surface area contributed by atoms with Crippen LogP contribution < -0.4 is 10.2 Å². The maximum atomic E-state index is 12.8. The molecule has 0 unspecified atom stereocenters. The summed E-state index contributed by atoms with van der Waals surface area (Å²) in [4.78, 5) is 20.8. The Balaban J connectivity index is 0.00000280.